The van der Waals surface area contributed by atoms with Crippen LogP contribution in [-0.4, -0.2) is 49.8 Å². The summed E-state index contributed by atoms with van der Waals surface area (Å²) in [5, 5.41) is 20.8. The van der Waals surface area contributed by atoms with Crippen LogP contribution in [0.25, 0.3) is 5.52 Å². The number of nitrogens with zero attached hydrogens (tertiary/aromatic N) is 3. The van der Waals surface area contributed by atoms with E-state index in [-0.39, 0.29) is 23.8 Å². The molecule has 0 saturated heterocycles. The van der Waals surface area contributed by atoms with Crippen molar-refractivity contribution in [2.45, 2.75) is 6.10 Å². The lowest BCUT2D eigenvalue weighted by atomic mass is 10.3. The number of nitrogens with one attached hydrogen (secondary N) is 2. The van der Waals surface area contributed by atoms with Crippen LogP contribution in [0.3, 0.4) is 0 Å². The van der Waals surface area contributed by atoms with Crippen LogP contribution in [-0.2, 0) is 4.84 Å². The molecule has 0 saturated carbocycles. The number of hydrogen-bond donors (Lipinski definition) is 4. The fraction of sp³-hybridized carbons (Fsp3) is 0.188. The first-order valence-electron chi connectivity index (χ1n) is 7.73. The van der Waals surface area contributed by atoms with Crippen molar-refractivity contribution < 1.29 is 24.2 Å². The maximum absolute atomic E-state index is 14.2. The number of rotatable bonds is 7. The highest BCUT2D eigenvalue weighted by Crippen LogP contribution is 2.25. The number of aromatic nitrogens is 3. The molecule has 0 fully saturated rings. The molecular weight excluding hydrogens is 425 g/mol. The lowest BCUT2D eigenvalue weighted by Gasteiger charge is -2.14. The number of imidazole rings is 1. The van der Waals surface area contributed by atoms with E-state index in [0.29, 0.717) is 9.99 Å². The molecule has 9 nitrogen and oxygen atoms in total. The van der Waals surface area contributed by atoms with Crippen molar-refractivity contribution in [1.29, 1.82) is 0 Å². The summed E-state index contributed by atoms with van der Waals surface area (Å²) in [6.45, 7) is -0.815. The highest BCUT2D eigenvalue weighted by molar-refractivity contribution is 9.10. The van der Waals surface area contributed by atoms with Crippen molar-refractivity contribution in [3.63, 3.8) is 0 Å². The Bertz CT molecular complexity index is 967. The third-order valence-electron chi connectivity index (χ3n) is 3.51. The van der Waals surface area contributed by atoms with Crippen LogP contribution >= 0.6 is 15.9 Å². The number of aliphatic hydroxyl groups is 2. The zero-order valence-electron chi connectivity index (χ0n) is 13.8. The van der Waals surface area contributed by atoms with E-state index in [1.807, 2.05) is 0 Å². The summed E-state index contributed by atoms with van der Waals surface area (Å²) in [7, 11) is 0. The second kappa shape index (κ2) is 8.39. The largest absolute Gasteiger partial charge is 0.394 e. The molecule has 142 valence electrons. The Labute approximate surface area is 160 Å². The molecule has 1 aromatic carbocycles. The van der Waals surface area contributed by atoms with E-state index >= 15 is 0 Å². The topological polar surface area (TPSA) is 121 Å². The van der Waals surface area contributed by atoms with Gasteiger partial charge in [0, 0.05) is 4.47 Å². The minimum absolute atomic E-state index is 0.0821. The normalized spacial score (nSPS) is 12.1. The molecule has 0 radical (unpaired) electrons. The Morgan fingerprint density at radius 3 is 2.96 bits per heavy atom. The highest BCUT2D eigenvalue weighted by atomic mass is 79.9. The van der Waals surface area contributed by atoms with Gasteiger partial charge in [-0.1, -0.05) is 15.9 Å². The smallest absolute Gasteiger partial charge is 0.297 e. The average Bonchev–Trinajstić information content (AvgIpc) is 3.12. The summed E-state index contributed by atoms with van der Waals surface area (Å²) >= 11 is 3.18. The van der Waals surface area contributed by atoms with Crippen molar-refractivity contribution in [3.05, 3.63) is 52.9 Å². The molecule has 0 bridgehead atoms. The lowest BCUT2D eigenvalue weighted by molar-refractivity contribution is -0.0296. The molecule has 27 heavy (non-hydrogen) atoms. The molecule has 4 N–H and O–H groups in total. The molecule has 2 aromatic heterocycles. The fourth-order valence-corrected chi connectivity index (χ4v) is 2.54. The maximum Gasteiger partial charge on any atom is 0.297 e. The van der Waals surface area contributed by atoms with E-state index in [9.17, 15) is 14.3 Å². The van der Waals surface area contributed by atoms with Crippen LogP contribution in [0.4, 0.5) is 15.9 Å². The number of aliphatic hydroxyl groups excluding tert-OH is 2. The van der Waals surface area contributed by atoms with E-state index in [1.54, 1.807) is 6.07 Å². The van der Waals surface area contributed by atoms with Crippen molar-refractivity contribution in [2.24, 2.45) is 0 Å². The predicted octanol–water partition coefficient (Wildman–Crippen LogP) is 1.39. The summed E-state index contributed by atoms with van der Waals surface area (Å²) in [6.07, 6.45) is 3.27. The van der Waals surface area contributed by atoms with Crippen LogP contribution in [0.5, 0.6) is 0 Å². The minimum atomic E-state index is -1.14. The zero-order valence-corrected chi connectivity index (χ0v) is 15.4. The van der Waals surface area contributed by atoms with Crippen LogP contribution < -0.4 is 10.8 Å². The lowest BCUT2D eigenvalue weighted by Crippen LogP contribution is -2.31. The molecule has 1 atom stereocenters. The van der Waals surface area contributed by atoms with Gasteiger partial charge in [-0.25, -0.2) is 19.8 Å². The Kier molecular flexibility index (Phi) is 5.96. The van der Waals surface area contributed by atoms with Gasteiger partial charge in [0.05, 0.1) is 30.2 Å². The van der Waals surface area contributed by atoms with Gasteiger partial charge in [-0.3, -0.25) is 14.0 Å². The summed E-state index contributed by atoms with van der Waals surface area (Å²) < 4.78 is 16.3. The molecule has 11 heteroatoms. The third-order valence-corrected chi connectivity index (χ3v) is 4.00. The maximum atomic E-state index is 14.2. The number of hydrogen-bond acceptors (Lipinski definition) is 7. The summed E-state index contributed by atoms with van der Waals surface area (Å²) in [5.74, 6) is -1.08. The molecule has 3 rings (SSSR count). The molecule has 0 unspecified atom stereocenters. The van der Waals surface area contributed by atoms with Gasteiger partial charge < -0.3 is 15.5 Å². The number of fused-ring (bicyclic) bond motifs is 1. The summed E-state index contributed by atoms with van der Waals surface area (Å²) in [6, 6.07) is 4.43. The van der Waals surface area contributed by atoms with E-state index in [0.717, 1.165) is 0 Å². The van der Waals surface area contributed by atoms with Gasteiger partial charge >= 0.3 is 0 Å². The first-order chi connectivity index (χ1) is 13.0. The van der Waals surface area contributed by atoms with Gasteiger partial charge in [0.15, 0.2) is 5.69 Å². The Morgan fingerprint density at radius 1 is 1.41 bits per heavy atom. The Balaban J connectivity index is 1.91. The van der Waals surface area contributed by atoms with Gasteiger partial charge in [-0.15, -0.1) is 0 Å². The van der Waals surface area contributed by atoms with Gasteiger partial charge in [-0.05, 0) is 18.2 Å². The molecular formula is C16H15BrFN5O4. The van der Waals surface area contributed by atoms with E-state index < -0.39 is 24.4 Å². The zero-order chi connectivity index (χ0) is 19.4. The molecule has 3 aromatic rings. The first kappa shape index (κ1) is 19.2. The van der Waals surface area contributed by atoms with Crippen LogP contribution in [0.15, 0.2) is 41.4 Å². The highest BCUT2D eigenvalue weighted by Gasteiger charge is 2.19. The van der Waals surface area contributed by atoms with E-state index in [4.69, 9.17) is 9.94 Å². The SMILES string of the molecule is O=C(NOC[C@H](O)CO)c1ncc2cncn2c1Nc1ccc(Br)cc1F. The van der Waals surface area contributed by atoms with Gasteiger partial charge in [0.2, 0.25) is 0 Å². The number of hydroxylamine groups is 1. The Hall–Kier alpha value is -2.60. The van der Waals surface area contributed by atoms with Crippen LogP contribution in [0.2, 0.25) is 0 Å². The molecule has 0 aliphatic carbocycles. The molecule has 0 aliphatic heterocycles. The Morgan fingerprint density at radius 2 is 2.22 bits per heavy atom. The van der Waals surface area contributed by atoms with Gasteiger partial charge in [0.1, 0.15) is 30.7 Å². The van der Waals surface area contributed by atoms with Crippen LogP contribution in [0.1, 0.15) is 10.5 Å². The van der Waals surface area contributed by atoms with Gasteiger partial charge in [0.25, 0.3) is 5.91 Å². The monoisotopic (exact) mass is 439 g/mol. The van der Waals surface area contributed by atoms with Crippen molar-refractivity contribution in [2.75, 3.05) is 18.5 Å². The number of benzene rings is 1. The van der Waals surface area contributed by atoms with Crippen molar-refractivity contribution in [3.8, 4) is 0 Å². The average molecular weight is 440 g/mol. The standard InChI is InChI=1S/C16H15BrFN5O4/c17-9-1-2-13(12(18)3-9)21-15-14(16(26)22-27-7-11(25)6-24)20-5-10-4-19-8-23(10)15/h1-5,8,11,21,24-25H,6-7H2,(H,22,26)/t11-/m1/s1. The minimum Gasteiger partial charge on any atom is -0.394 e. The quantitative estimate of drug-likeness (QED) is 0.410. The second-order valence-corrected chi connectivity index (χ2v) is 6.39. The summed E-state index contributed by atoms with van der Waals surface area (Å²) in [4.78, 5) is 25.3. The van der Waals surface area contributed by atoms with Crippen molar-refractivity contribution >= 4 is 38.9 Å². The molecule has 1 amide bonds. The van der Waals surface area contributed by atoms with Crippen LogP contribution in [0, 0.1) is 5.82 Å². The molecule has 0 aliphatic rings. The molecule has 2 heterocycles. The van der Waals surface area contributed by atoms with E-state index in [2.05, 4.69) is 36.7 Å². The summed E-state index contributed by atoms with van der Waals surface area (Å²) in [5.41, 5.74) is 2.76. The molecule has 0 spiro atoms. The second-order valence-electron chi connectivity index (χ2n) is 5.47. The van der Waals surface area contributed by atoms with Gasteiger partial charge in [-0.2, -0.15) is 0 Å². The number of halogens is 2. The van der Waals surface area contributed by atoms with Crippen molar-refractivity contribution in [1.82, 2.24) is 19.8 Å². The van der Waals surface area contributed by atoms with E-state index in [1.165, 1.54) is 35.3 Å². The number of anilines is 2. The number of carbonyl (C=O) groups excluding carboxylic acids is 1. The predicted molar refractivity (Wildman–Crippen MR) is 96.9 cm³/mol. The number of carbonyl (C=O) groups is 1. The third kappa shape index (κ3) is 4.39. The number of amides is 1. The first-order valence-corrected chi connectivity index (χ1v) is 8.53. The fourth-order valence-electron chi connectivity index (χ4n) is 2.20.